The molecule has 2 saturated heterocycles. The van der Waals surface area contributed by atoms with Crippen molar-refractivity contribution in [1.82, 2.24) is 29.7 Å². The number of nitrogens with zero attached hydrogens (tertiary/aromatic N) is 5. The first-order valence-corrected chi connectivity index (χ1v) is 15.4. The molecule has 5 aromatic rings. The zero-order valence-electron chi connectivity index (χ0n) is 26.3. The molecule has 7 rings (SSSR count). The number of aromatic nitrogens is 4. The third-order valence-corrected chi connectivity index (χ3v) is 7.94. The number of fused-ring (bicyclic) bond motifs is 2. The van der Waals surface area contributed by atoms with E-state index in [1.54, 1.807) is 16.7 Å². The Hall–Kier alpha value is -5.44. The topological polar surface area (TPSA) is 192 Å². The Balaban J connectivity index is 0.000000169. The van der Waals surface area contributed by atoms with Crippen molar-refractivity contribution < 1.29 is 34.4 Å². The lowest BCUT2D eigenvalue weighted by Crippen LogP contribution is -2.32. The highest BCUT2D eigenvalue weighted by Gasteiger charge is 2.28. The lowest BCUT2D eigenvalue weighted by Gasteiger charge is -2.13. The maximum atomic E-state index is 12.1. The zero-order chi connectivity index (χ0) is 34.0. The van der Waals surface area contributed by atoms with Gasteiger partial charge in [-0.25, -0.2) is 19.7 Å². The summed E-state index contributed by atoms with van der Waals surface area (Å²) in [4.78, 5) is 48.3. The number of carboxylic acid groups (broad SMARTS) is 1. The van der Waals surface area contributed by atoms with E-state index >= 15 is 0 Å². The van der Waals surface area contributed by atoms with Crippen LogP contribution in [0.3, 0.4) is 0 Å². The number of aliphatic hydroxyl groups excluding tert-OH is 1. The second-order valence-corrected chi connectivity index (χ2v) is 11.3. The van der Waals surface area contributed by atoms with Gasteiger partial charge in [0.05, 0.1) is 6.42 Å². The number of hydrogen-bond donors (Lipinski definition) is 5. The molecule has 2 unspecified atom stereocenters. The maximum absolute atomic E-state index is 12.1. The molecule has 2 aliphatic heterocycles. The number of carbonyl (C=O) groups excluding carboxylic acids is 2. The number of benzene rings is 3. The van der Waals surface area contributed by atoms with Crippen LogP contribution in [-0.2, 0) is 20.9 Å². The molecule has 0 spiro atoms. The molecule has 3 aromatic carbocycles. The number of likely N-dealkylation sites (tertiary alicyclic amines) is 1. The summed E-state index contributed by atoms with van der Waals surface area (Å²) >= 11 is 0. The Labute approximate surface area is 276 Å². The molecule has 2 atom stereocenters. The highest BCUT2D eigenvalue weighted by molar-refractivity contribution is 5.95. The number of ether oxygens (including phenoxy) is 1. The molecule has 250 valence electrons. The second kappa shape index (κ2) is 15.9. The fraction of sp³-hybridized carbons (Fsp3) is 0.294. The number of rotatable bonds is 6. The van der Waals surface area contributed by atoms with Gasteiger partial charge in [-0.2, -0.15) is 0 Å². The van der Waals surface area contributed by atoms with E-state index in [0.29, 0.717) is 41.9 Å². The van der Waals surface area contributed by atoms with E-state index in [4.69, 9.17) is 20.1 Å². The summed E-state index contributed by atoms with van der Waals surface area (Å²) in [6.45, 7) is 1.32. The van der Waals surface area contributed by atoms with Crippen LogP contribution in [0.25, 0.3) is 21.9 Å². The van der Waals surface area contributed by atoms with Crippen molar-refractivity contribution >= 4 is 45.7 Å². The maximum Gasteiger partial charge on any atom is 0.320 e. The number of nitrogens with one attached hydrogen (secondary N) is 2. The van der Waals surface area contributed by atoms with Crippen LogP contribution in [-0.4, -0.2) is 77.3 Å². The lowest BCUT2D eigenvalue weighted by molar-refractivity contribution is -0.144. The number of imidazole rings is 1. The van der Waals surface area contributed by atoms with Crippen LogP contribution in [0.2, 0.25) is 0 Å². The van der Waals surface area contributed by atoms with Crippen molar-refractivity contribution in [3.63, 3.8) is 0 Å². The smallest absolute Gasteiger partial charge is 0.320 e. The van der Waals surface area contributed by atoms with Crippen molar-refractivity contribution in [3.05, 3.63) is 96.6 Å². The van der Waals surface area contributed by atoms with E-state index in [0.717, 1.165) is 35.7 Å². The molecule has 2 aromatic heterocycles. The molecule has 0 bridgehead atoms. The summed E-state index contributed by atoms with van der Waals surface area (Å²) in [6.07, 6.45) is 3.82. The van der Waals surface area contributed by atoms with Gasteiger partial charge in [-0.3, -0.25) is 24.4 Å². The van der Waals surface area contributed by atoms with Crippen molar-refractivity contribution in [2.75, 3.05) is 18.9 Å². The third kappa shape index (κ3) is 8.67. The quantitative estimate of drug-likeness (QED) is 0.131. The molecule has 0 saturated carbocycles. The summed E-state index contributed by atoms with van der Waals surface area (Å²) in [5, 5.41) is 34.0. The second-order valence-electron chi connectivity index (χ2n) is 11.3. The van der Waals surface area contributed by atoms with E-state index < -0.39 is 24.5 Å². The number of esters is 1. The zero-order valence-corrected chi connectivity index (χ0v) is 26.3. The van der Waals surface area contributed by atoms with Gasteiger partial charge in [-0.15, -0.1) is 0 Å². The van der Waals surface area contributed by atoms with Crippen molar-refractivity contribution in [3.8, 4) is 0 Å². The van der Waals surface area contributed by atoms with Crippen LogP contribution in [0.1, 0.15) is 49.3 Å². The number of cyclic esters (lactones) is 1. The summed E-state index contributed by atoms with van der Waals surface area (Å²) in [5.74, 6) is -0.636. The first kappa shape index (κ1) is 33.9. The van der Waals surface area contributed by atoms with Crippen LogP contribution in [0, 0.1) is 0 Å². The van der Waals surface area contributed by atoms with Crippen LogP contribution in [0.4, 0.5) is 10.6 Å². The molecule has 14 heteroatoms. The van der Waals surface area contributed by atoms with E-state index in [-0.39, 0.29) is 12.0 Å². The van der Waals surface area contributed by atoms with Gasteiger partial charge >= 0.3 is 18.0 Å². The molecule has 48 heavy (non-hydrogen) atoms. The van der Waals surface area contributed by atoms with Crippen LogP contribution in [0.5, 0.6) is 0 Å². The van der Waals surface area contributed by atoms with Gasteiger partial charge in [0.25, 0.3) is 0 Å². The number of carbonyl (C=O) groups is 3. The Morgan fingerprint density at radius 3 is 2.38 bits per heavy atom. The Morgan fingerprint density at radius 2 is 1.73 bits per heavy atom. The van der Waals surface area contributed by atoms with Gasteiger partial charge in [0.15, 0.2) is 29.5 Å². The molecule has 5 N–H and O–H groups in total. The lowest BCUT2D eigenvalue weighted by atomic mass is 10.1. The normalized spacial score (nSPS) is 17.3. The standard InChI is InChI=1S/C17H16N6O3.C11H10O2.C6H11NO2/c24-13-7-6-12(26-13)23-10-21-14-15(19-9-20-16(14)23)22-17(25)18-8-11-4-2-1-3-5-11;12-11(13)10-6-5-8-3-1-2-4-9(8)7-10;1-7-4-2-3-5(7)6(8)9/h1-5,9-10,12H,6-8H2,(H2,18,19,20,22,25);1-7,11-13H;5H,2-4H2,1H3,(H,8,9). The van der Waals surface area contributed by atoms with Crippen molar-refractivity contribution in [1.29, 1.82) is 0 Å². The molecule has 0 aliphatic carbocycles. The predicted octanol–water partition coefficient (Wildman–Crippen LogP) is 3.97. The average Bonchev–Trinajstić information content (AvgIpc) is 3.84. The van der Waals surface area contributed by atoms with Gasteiger partial charge in [0.1, 0.15) is 18.7 Å². The largest absolute Gasteiger partial charge is 0.480 e. The Kier molecular flexibility index (Phi) is 11.2. The fourth-order valence-electron chi connectivity index (χ4n) is 5.38. The van der Waals surface area contributed by atoms with Gasteiger partial charge in [0.2, 0.25) is 0 Å². The molecule has 14 nitrogen and oxygen atoms in total. The number of urea groups is 1. The van der Waals surface area contributed by atoms with Crippen LogP contribution >= 0.6 is 0 Å². The molecule has 2 aliphatic rings. The molecular weight excluding hydrogens is 618 g/mol. The summed E-state index contributed by atoms with van der Waals surface area (Å²) in [6, 6.07) is 22.2. The van der Waals surface area contributed by atoms with E-state index in [1.807, 2.05) is 72.6 Å². The molecule has 2 fully saturated rings. The highest BCUT2D eigenvalue weighted by Crippen LogP contribution is 2.28. The first-order chi connectivity index (χ1) is 23.2. The minimum Gasteiger partial charge on any atom is -0.480 e. The molecular formula is C34H37N7O7. The van der Waals surface area contributed by atoms with E-state index in [9.17, 15) is 14.4 Å². The van der Waals surface area contributed by atoms with E-state index in [2.05, 4.69) is 25.6 Å². The SMILES string of the molecule is CN1CCCC1C(=O)O.O=C(NCc1ccccc1)Nc1ncnc2c1ncn2C1CCC(=O)O1.OC(O)c1ccc2ccccc2c1. The van der Waals surface area contributed by atoms with Crippen molar-refractivity contribution in [2.45, 2.75) is 50.8 Å². The Bertz CT molecular complexity index is 1870. The number of likely N-dealkylation sites (N-methyl/N-ethyl adjacent to an activating group) is 1. The van der Waals surface area contributed by atoms with Crippen LogP contribution < -0.4 is 10.6 Å². The first-order valence-electron chi connectivity index (χ1n) is 15.4. The highest BCUT2D eigenvalue weighted by atomic mass is 16.6. The number of aliphatic hydroxyl groups is 2. The summed E-state index contributed by atoms with van der Waals surface area (Å²) in [5.41, 5.74) is 2.45. The van der Waals surface area contributed by atoms with Gasteiger partial charge in [0, 0.05) is 18.5 Å². The number of aliphatic carboxylic acids is 1. The summed E-state index contributed by atoms with van der Waals surface area (Å²) in [7, 11) is 1.85. The number of anilines is 1. The minimum absolute atomic E-state index is 0.218. The third-order valence-electron chi connectivity index (χ3n) is 7.94. The molecule has 2 amide bonds. The summed E-state index contributed by atoms with van der Waals surface area (Å²) < 4.78 is 6.92. The van der Waals surface area contributed by atoms with Crippen molar-refractivity contribution in [2.24, 2.45) is 0 Å². The number of carboxylic acids is 1. The van der Waals surface area contributed by atoms with Gasteiger partial charge in [-0.05, 0) is 48.8 Å². The van der Waals surface area contributed by atoms with E-state index in [1.165, 1.54) is 12.7 Å². The number of hydrogen-bond acceptors (Lipinski definition) is 10. The molecule has 0 radical (unpaired) electrons. The monoisotopic (exact) mass is 655 g/mol. The minimum atomic E-state index is -1.38. The Morgan fingerprint density at radius 1 is 0.979 bits per heavy atom. The van der Waals surface area contributed by atoms with Gasteiger partial charge in [-0.1, -0.05) is 66.7 Å². The average molecular weight is 656 g/mol. The molecule has 4 heterocycles. The predicted molar refractivity (Wildman–Crippen MR) is 176 cm³/mol. The number of amides is 2. The van der Waals surface area contributed by atoms with Gasteiger partial charge < -0.3 is 25.4 Å². The fourth-order valence-corrected chi connectivity index (χ4v) is 5.38. The van der Waals surface area contributed by atoms with Crippen LogP contribution in [0.15, 0.2) is 85.5 Å².